The lowest BCUT2D eigenvalue weighted by Crippen LogP contribution is -1.85. The maximum absolute atomic E-state index is 2.33. The summed E-state index contributed by atoms with van der Waals surface area (Å²) in [6, 6.07) is 57.6. The predicted octanol–water partition coefficient (Wildman–Crippen LogP) is 11.3. The monoisotopic (exact) mass is 506 g/mol. The fourth-order valence-electron chi connectivity index (χ4n) is 6.12. The molecule has 0 aliphatic heterocycles. The summed E-state index contributed by atoms with van der Waals surface area (Å²) >= 11 is 0. The molecule has 0 saturated carbocycles. The van der Waals surface area contributed by atoms with Crippen LogP contribution >= 0.6 is 0 Å². The van der Waals surface area contributed by atoms with Crippen molar-refractivity contribution in [2.75, 3.05) is 0 Å². The Morgan fingerprint density at radius 2 is 0.475 bits per heavy atom. The van der Waals surface area contributed by atoms with Crippen LogP contribution < -0.4 is 0 Å². The molecule has 0 aromatic heterocycles. The van der Waals surface area contributed by atoms with Crippen LogP contribution in [0.2, 0.25) is 0 Å². The summed E-state index contributed by atoms with van der Waals surface area (Å²) in [6.45, 7) is 0. The van der Waals surface area contributed by atoms with Crippen LogP contribution in [0.5, 0.6) is 0 Å². The van der Waals surface area contributed by atoms with E-state index in [1.54, 1.807) is 0 Å². The first-order valence-corrected chi connectivity index (χ1v) is 13.8. The Bertz CT molecular complexity index is 2030. The van der Waals surface area contributed by atoms with Gasteiger partial charge in [0, 0.05) is 0 Å². The standard InChI is InChI=1S/C40H26/c1-3-7-27(8-4-1)29-15-19-37-33(23-29)11-13-35-25-31(17-21-39(35)37)32-18-22-40-36(26-32)14-12-34-24-30(16-20-38(34)40)28-9-5-2-6-10-28/h1-26H. The third kappa shape index (κ3) is 3.85. The fourth-order valence-corrected chi connectivity index (χ4v) is 6.12. The first-order chi connectivity index (χ1) is 19.8. The van der Waals surface area contributed by atoms with Gasteiger partial charge in [0.05, 0.1) is 0 Å². The van der Waals surface area contributed by atoms with E-state index in [0.29, 0.717) is 0 Å². The Balaban J connectivity index is 1.17. The lowest BCUT2D eigenvalue weighted by atomic mass is 9.93. The van der Waals surface area contributed by atoms with Gasteiger partial charge < -0.3 is 0 Å². The summed E-state index contributed by atoms with van der Waals surface area (Å²) in [6.07, 6.45) is 0. The molecular formula is C40H26. The largest absolute Gasteiger partial charge is 0.0622 e. The summed E-state index contributed by atoms with van der Waals surface area (Å²) in [5, 5.41) is 10.3. The average Bonchev–Trinajstić information content (AvgIpc) is 3.04. The van der Waals surface area contributed by atoms with Crippen molar-refractivity contribution in [1.82, 2.24) is 0 Å². The SMILES string of the molecule is c1ccc(-c2ccc3c(ccc4cc(-c5ccc6c(ccc7cc(-c8ccccc8)ccc76)c5)ccc43)c2)cc1. The molecule has 8 aromatic carbocycles. The molecule has 186 valence electrons. The zero-order valence-electron chi connectivity index (χ0n) is 22.0. The zero-order valence-corrected chi connectivity index (χ0v) is 22.0. The van der Waals surface area contributed by atoms with E-state index >= 15 is 0 Å². The fraction of sp³-hybridized carbons (Fsp3) is 0. The van der Waals surface area contributed by atoms with Crippen molar-refractivity contribution in [3.05, 3.63) is 158 Å². The molecule has 0 unspecified atom stereocenters. The normalized spacial score (nSPS) is 11.5. The summed E-state index contributed by atoms with van der Waals surface area (Å²) < 4.78 is 0. The van der Waals surface area contributed by atoms with E-state index < -0.39 is 0 Å². The minimum absolute atomic E-state index is 1.24. The van der Waals surface area contributed by atoms with Gasteiger partial charge in [-0.05, 0) is 101 Å². The lowest BCUT2D eigenvalue weighted by molar-refractivity contribution is 1.64. The summed E-state index contributed by atoms with van der Waals surface area (Å²) in [7, 11) is 0. The van der Waals surface area contributed by atoms with E-state index in [4.69, 9.17) is 0 Å². The van der Waals surface area contributed by atoms with Gasteiger partial charge in [0.25, 0.3) is 0 Å². The highest BCUT2D eigenvalue weighted by Gasteiger charge is 2.08. The molecule has 0 aliphatic carbocycles. The predicted molar refractivity (Wildman–Crippen MR) is 173 cm³/mol. The second kappa shape index (κ2) is 9.22. The van der Waals surface area contributed by atoms with Crippen LogP contribution in [0.3, 0.4) is 0 Å². The summed E-state index contributed by atoms with van der Waals surface area (Å²) in [5.41, 5.74) is 7.50. The summed E-state index contributed by atoms with van der Waals surface area (Å²) in [5.74, 6) is 0. The number of hydrogen-bond acceptors (Lipinski definition) is 0. The lowest BCUT2D eigenvalue weighted by Gasteiger charge is -2.11. The molecule has 0 heterocycles. The molecular weight excluding hydrogens is 480 g/mol. The van der Waals surface area contributed by atoms with Crippen LogP contribution in [0.4, 0.5) is 0 Å². The molecule has 8 rings (SSSR count). The molecule has 8 aromatic rings. The third-order valence-electron chi connectivity index (χ3n) is 8.22. The van der Waals surface area contributed by atoms with E-state index in [1.165, 1.54) is 76.5 Å². The van der Waals surface area contributed by atoms with Crippen LogP contribution in [0, 0.1) is 0 Å². The minimum atomic E-state index is 1.24. The van der Waals surface area contributed by atoms with E-state index in [1.807, 2.05) is 0 Å². The zero-order chi connectivity index (χ0) is 26.5. The molecule has 0 spiro atoms. The molecule has 0 fully saturated rings. The van der Waals surface area contributed by atoms with Crippen molar-refractivity contribution in [2.45, 2.75) is 0 Å². The van der Waals surface area contributed by atoms with Gasteiger partial charge in [-0.2, -0.15) is 0 Å². The smallest absolute Gasteiger partial charge is 0.0105 e. The van der Waals surface area contributed by atoms with Gasteiger partial charge in [-0.3, -0.25) is 0 Å². The van der Waals surface area contributed by atoms with Gasteiger partial charge in [0.2, 0.25) is 0 Å². The van der Waals surface area contributed by atoms with Crippen molar-refractivity contribution >= 4 is 43.1 Å². The van der Waals surface area contributed by atoms with Gasteiger partial charge in [-0.25, -0.2) is 0 Å². The Morgan fingerprint density at radius 1 is 0.200 bits per heavy atom. The van der Waals surface area contributed by atoms with Crippen molar-refractivity contribution in [3.63, 3.8) is 0 Å². The first-order valence-electron chi connectivity index (χ1n) is 13.8. The highest BCUT2D eigenvalue weighted by atomic mass is 14.1. The third-order valence-corrected chi connectivity index (χ3v) is 8.22. The molecule has 0 N–H and O–H groups in total. The maximum Gasteiger partial charge on any atom is -0.0105 e. The van der Waals surface area contributed by atoms with E-state index in [9.17, 15) is 0 Å². The number of benzene rings is 8. The maximum atomic E-state index is 2.33. The molecule has 0 amide bonds. The van der Waals surface area contributed by atoms with Gasteiger partial charge in [-0.15, -0.1) is 0 Å². The van der Waals surface area contributed by atoms with Crippen LogP contribution in [0.1, 0.15) is 0 Å². The highest BCUT2D eigenvalue weighted by Crippen LogP contribution is 2.35. The Hall–Kier alpha value is -5.20. The van der Waals surface area contributed by atoms with Crippen molar-refractivity contribution in [2.24, 2.45) is 0 Å². The van der Waals surface area contributed by atoms with E-state index in [2.05, 4.69) is 158 Å². The second-order valence-corrected chi connectivity index (χ2v) is 10.6. The number of hydrogen-bond donors (Lipinski definition) is 0. The van der Waals surface area contributed by atoms with Crippen molar-refractivity contribution < 1.29 is 0 Å². The Labute approximate surface area is 233 Å². The van der Waals surface area contributed by atoms with Gasteiger partial charge >= 0.3 is 0 Å². The van der Waals surface area contributed by atoms with E-state index in [0.717, 1.165) is 0 Å². The molecule has 0 saturated heterocycles. The number of rotatable bonds is 3. The van der Waals surface area contributed by atoms with Crippen LogP contribution in [0.25, 0.3) is 76.5 Å². The average molecular weight is 507 g/mol. The van der Waals surface area contributed by atoms with Gasteiger partial charge in [0.15, 0.2) is 0 Å². The van der Waals surface area contributed by atoms with Crippen LogP contribution in [0.15, 0.2) is 158 Å². The van der Waals surface area contributed by atoms with E-state index in [-0.39, 0.29) is 0 Å². The number of fused-ring (bicyclic) bond motifs is 6. The molecule has 0 heteroatoms. The molecule has 0 radical (unpaired) electrons. The molecule has 0 atom stereocenters. The molecule has 0 aliphatic rings. The quantitative estimate of drug-likeness (QED) is 0.209. The van der Waals surface area contributed by atoms with Crippen molar-refractivity contribution in [1.29, 1.82) is 0 Å². The summed E-state index contributed by atoms with van der Waals surface area (Å²) in [4.78, 5) is 0. The highest BCUT2D eigenvalue weighted by molar-refractivity contribution is 6.11. The molecule has 40 heavy (non-hydrogen) atoms. The second-order valence-electron chi connectivity index (χ2n) is 10.6. The first kappa shape index (κ1) is 22.8. The van der Waals surface area contributed by atoms with Gasteiger partial charge in [-0.1, -0.05) is 133 Å². The molecule has 0 bridgehead atoms. The van der Waals surface area contributed by atoms with Gasteiger partial charge in [0.1, 0.15) is 0 Å². The topological polar surface area (TPSA) is 0 Å². The Morgan fingerprint density at radius 3 is 0.775 bits per heavy atom. The van der Waals surface area contributed by atoms with Crippen LogP contribution in [-0.4, -0.2) is 0 Å². The van der Waals surface area contributed by atoms with Crippen LogP contribution in [-0.2, 0) is 0 Å². The molecule has 0 nitrogen and oxygen atoms in total. The minimum Gasteiger partial charge on any atom is -0.0622 e. The Kier molecular flexibility index (Phi) is 5.24. The van der Waals surface area contributed by atoms with Crippen molar-refractivity contribution in [3.8, 4) is 33.4 Å².